The number of carbonyl (C=O) groups is 2. The van der Waals surface area contributed by atoms with Crippen LogP contribution in [0.2, 0.25) is 0 Å². The molecular weight excluding hydrogens is 206 g/mol. The highest BCUT2D eigenvalue weighted by Gasteiger charge is 2.13. The maximum Gasteiger partial charge on any atom is 0.307 e. The second-order valence-electron chi connectivity index (χ2n) is 4.24. The average Bonchev–Trinajstić information content (AvgIpc) is 2.27. The summed E-state index contributed by atoms with van der Waals surface area (Å²) in [5, 5.41) is 0. The maximum absolute atomic E-state index is 11.6. The van der Waals surface area contributed by atoms with Gasteiger partial charge in [-0.15, -0.1) is 0 Å². The van der Waals surface area contributed by atoms with Gasteiger partial charge in [-0.1, -0.05) is 20.8 Å². The third-order valence-corrected chi connectivity index (χ3v) is 2.45. The van der Waals surface area contributed by atoms with Gasteiger partial charge in [0.1, 0.15) is 0 Å². The number of esters is 1. The Labute approximate surface area is 98.0 Å². The van der Waals surface area contributed by atoms with E-state index in [0.29, 0.717) is 18.9 Å². The number of amides is 1. The van der Waals surface area contributed by atoms with Crippen molar-refractivity contribution in [3.05, 3.63) is 0 Å². The largest absolute Gasteiger partial charge is 0.469 e. The van der Waals surface area contributed by atoms with Crippen LogP contribution in [0, 0.1) is 5.92 Å². The van der Waals surface area contributed by atoms with Gasteiger partial charge in [0, 0.05) is 19.5 Å². The summed E-state index contributed by atoms with van der Waals surface area (Å²) in [6.07, 6.45) is 1.73. The molecule has 16 heavy (non-hydrogen) atoms. The molecule has 0 fully saturated rings. The van der Waals surface area contributed by atoms with E-state index in [-0.39, 0.29) is 18.3 Å². The smallest absolute Gasteiger partial charge is 0.307 e. The quantitative estimate of drug-likeness (QED) is 0.626. The standard InChI is InChI=1S/C12H23NO3/c1-5-11(14)13(8-6-10(2)3)9-7-12(15)16-4/h10H,5-9H2,1-4H3. The summed E-state index contributed by atoms with van der Waals surface area (Å²) in [6.45, 7) is 7.26. The minimum absolute atomic E-state index is 0.101. The maximum atomic E-state index is 11.6. The van der Waals surface area contributed by atoms with Crippen LogP contribution < -0.4 is 0 Å². The zero-order chi connectivity index (χ0) is 12.6. The molecule has 0 radical (unpaired) electrons. The van der Waals surface area contributed by atoms with E-state index in [0.717, 1.165) is 13.0 Å². The Hall–Kier alpha value is -1.06. The van der Waals surface area contributed by atoms with Gasteiger partial charge in [-0.05, 0) is 12.3 Å². The molecule has 94 valence electrons. The summed E-state index contributed by atoms with van der Waals surface area (Å²) in [6, 6.07) is 0. The fourth-order valence-corrected chi connectivity index (χ4v) is 1.33. The van der Waals surface area contributed by atoms with Crippen molar-refractivity contribution in [1.82, 2.24) is 4.90 Å². The molecule has 4 heteroatoms. The van der Waals surface area contributed by atoms with Crippen LogP contribution >= 0.6 is 0 Å². The molecule has 0 aromatic carbocycles. The van der Waals surface area contributed by atoms with Crippen molar-refractivity contribution in [2.75, 3.05) is 20.2 Å². The second kappa shape index (κ2) is 8.13. The first-order valence-corrected chi connectivity index (χ1v) is 5.85. The van der Waals surface area contributed by atoms with E-state index in [1.165, 1.54) is 7.11 Å². The molecule has 0 spiro atoms. The van der Waals surface area contributed by atoms with E-state index in [9.17, 15) is 9.59 Å². The van der Waals surface area contributed by atoms with Crippen molar-refractivity contribution < 1.29 is 14.3 Å². The van der Waals surface area contributed by atoms with Crippen LogP contribution in [0.25, 0.3) is 0 Å². The van der Waals surface area contributed by atoms with Crippen molar-refractivity contribution in [3.8, 4) is 0 Å². The van der Waals surface area contributed by atoms with E-state index < -0.39 is 0 Å². The molecule has 0 aromatic rings. The number of nitrogens with zero attached hydrogens (tertiary/aromatic N) is 1. The third kappa shape index (κ3) is 6.43. The van der Waals surface area contributed by atoms with Crippen LogP contribution in [0.3, 0.4) is 0 Å². The zero-order valence-corrected chi connectivity index (χ0v) is 10.8. The van der Waals surface area contributed by atoms with Crippen LogP contribution in [0.4, 0.5) is 0 Å². The summed E-state index contributed by atoms with van der Waals surface area (Å²) in [7, 11) is 1.36. The van der Waals surface area contributed by atoms with Crippen molar-refractivity contribution in [3.63, 3.8) is 0 Å². The summed E-state index contributed by atoms with van der Waals surface area (Å²) in [5.74, 6) is 0.397. The molecule has 0 atom stereocenters. The van der Waals surface area contributed by atoms with Crippen molar-refractivity contribution >= 4 is 11.9 Å². The number of rotatable bonds is 7. The Bertz CT molecular complexity index is 226. The highest BCUT2D eigenvalue weighted by atomic mass is 16.5. The lowest BCUT2D eigenvalue weighted by molar-refractivity contribution is -0.141. The molecule has 0 aliphatic heterocycles. The molecule has 1 amide bonds. The summed E-state index contributed by atoms with van der Waals surface area (Å²) < 4.78 is 4.56. The van der Waals surface area contributed by atoms with Crippen LogP contribution in [-0.4, -0.2) is 37.0 Å². The van der Waals surface area contributed by atoms with Gasteiger partial charge in [0.15, 0.2) is 0 Å². The molecule has 0 aromatic heterocycles. The van der Waals surface area contributed by atoms with Crippen LogP contribution in [0.15, 0.2) is 0 Å². The number of methoxy groups -OCH3 is 1. The van der Waals surface area contributed by atoms with Gasteiger partial charge in [0.25, 0.3) is 0 Å². The average molecular weight is 229 g/mol. The normalized spacial score (nSPS) is 10.3. The first kappa shape index (κ1) is 14.9. The molecule has 0 aliphatic rings. The molecule has 0 heterocycles. The minimum atomic E-state index is -0.265. The van der Waals surface area contributed by atoms with Gasteiger partial charge in [0.05, 0.1) is 13.5 Å². The summed E-state index contributed by atoms with van der Waals surface area (Å²) >= 11 is 0. The second-order valence-corrected chi connectivity index (χ2v) is 4.24. The molecule has 0 N–H and O–H groups in total. The molecular formula is C12H23NO3. The van der Waals surface area contributed by atoms with Crippen molar-refractivity contribution in [2.45, 2.75) is 40.0 Å². The van der Waals surface area contributed by atoms with E-state index in [1.54, 1.807) is 4.90 Å². The lowest BCUT2D eigenvalue weighted by atomic mass is 10.1. The Morgan fingerprint density at radius 1 is 1.25 bits per heavy atom. The summed E-state index contributed by atoms with van der Waals surface area (Å²) in [5.41, 5.74) is 0. The molecule has 0 saturated carbocycles. The Kier molecular flexibility index (Phi) is 7.60. The Balaban J connectivity index is 4.10. The van der Waals surface area contributed by atoms with Crippen LogP contribution in [0.5, 0.6) is 0 Å². The van der Waals surface area contributed by atoms with Crippen LogP contribution in [0.1, 0.15) is 40.0 Å². The first-order chi connectivity index (χ1) is 7.51. The van der Waals surface area contributed by atoms with Gasteiger partial charge >= 0.3 is 5.97 Å². The zero-order valence-electron chi connectivity index (χ0n) is 10.8. The summed E-state index contributed by atoms with van der Waals surface area (Å²) in [4.78, 5) is 24.4. The first-order valence-electron chi connectivity index (χ1n) is 5.85. The third-order valence-electron chi connectivity index (χ3n) is 2.45. The molecule has 0 rings (SSSR count). The van der Waals surface area contributed by atoms with Gasteiger partial charge in [0.2, 0.25) is 5.91 Å². The Morgan fingerprint density at radius 2 is 1.88 bits per heavy atom. The highest BCUT2D eigenvalue weighted by molar-refractivity contribution is 5.76. The van der Waals surface area contributed by atoms with E-state index in [2.05, 4.69) is 18.6 Å². The molecule has 0 unspecified atom stereocenters. The Morgan fingerprint density at radius 3 is 2.31 bits per heavy atom. The van der Waals surface area contributed by atoms with E-state index in [4.69, 9.17) is 0 Å². The molecule has 0 aliphatic carbocycles. The fraction of sp³-hybridized carbons (Fsp3) is 0.833. The SMILES string of the molecule is CCC(=O)N(CCC(=O)OC)CCC(C)C. The molecule has 0 saturated heterocycles. The lowest BCUT2D eigenvalue weighted by Crippen LogP contribution is -2.34. The van der Waals surface area contributed by atoms with E-state index >= 15 is 0 Å². The molecule has 4 nitrogen and oxygen atoms in total. The fourth-order valence-electron chi connectivity index (χ4n) is 1.33. The van der Waals surface area contributed by atoms with Crippen molar-refractivity contribution in [2.24, 2.45) is 5.92 Å². The van der Waals surface area contributed by atoms with Gasteiger partial charge < -0.3 is 9.64 Å². The van der Waals surface area contributed by atoms with Gasteiger partial charge in [-0.3, -0.25) is 9.59 Å². The predicted molar refractivity (Wildman–Crippen MR) is 63.0 cm³/mol. The number of ether oxygens (including phenoxy) is 1. The van der Waals surface area contributed by atoms with Gasteiger partial charge in [-0.2, -0.15) is 0 Å². The van der Waals surface area contributed by atoms with Crippen LogP contribution in [-0.2, 0) is 14.3 Å². The minimum Gasteiger partial charge on any atom is -0.469 e. The van der Waals surface area contributed by atoms with Gasteiger partial charge in [-0.25, -0.2) is 0 Å². The molecule has 0 bridgehead atoms. The lowest BCUT2D eigenvalue weighted by Gasteiger charge is -2.22. The number of carbonyl (C=O) groups excluding carboxylic acids is 2. The predicted octanol–water partition coefficient (Wildman–Crippen LogP) is 1.83. The van der Waals surface area contributed by atoms with E-state index in [1.807, 2.05) is 6.92 Å². The monoisotopic (exact) mass is 229 g/mol. The number of hydrogen-bond acceptors (Lipinski definition) is 3. The highest BCUT2D eigenvalue weighted by Crippen LogP contribution is 2.05. The van der Waals surface area contributed by atoms with Crippen molar-refractivity contribution in [1.29, 1.82) is 0 Å². The topological polar surface area (TPSA) is 46.6 Å². The number of hydrogen-bond donors (Lipinski definition) is 0.